The zero-order valence-electron chi connectivity index (χ0n) is 10.6. The summed E-state index contributed by atoms with van der Waals surface area (Å²) in [4.78, 5) is 4.27. The van der Waals surface area contributed by atoms with Gasteiger partial charge < -0.3 is 5.73 Å². The van der Waals surface area contributed by atoms with Crippen molar-refractivity contribution in [3.63, 3.8) is 0 Å². The Morgan fingerprint density at radius 3 is 2.42 bits per heavy atom. The van der Waals surface area contributed by atoms with Gasteiger partial charge in [-0.05, 0) is 31.5 Å². The van der Waals surface area contributed by atoms with E-state index in [-0.39, 0.29) is 10.9 Å². The minimum absolute atomic E-state index is 0.119. The maximum Gasteiger partial charge on any atom is 0.263 e. The smallest absolute Gasteiger partial charge is 0.263 e. The van der Waals surface area contributed by atoms with E-state index in [1.807, 2.05) is 13.8 Å². The number of hydrogen-bond donors (Lipinski definition) is 2. The van der Waals surface area contributed by atoms with Crippen molar-refractivity contribution in [1.29, 1.82) is 0 Å². The summed E-state index contributed by atoms with van der Waals surface area (Å²) in [5, 5.41) is 2.16. The number of aryl methyl sites for hydroxylation is 1. The Hall–Kier alpha value is -1.44. The lowest BCUT2D eigenvalue weighted by molar-refractivity contribution is 0.601. The predicted octanol–water partition coefficient (Wildman–Crippen LogP) is 2.27. The molecule has 0 aliphatic carbocycles. The molecule has 102 valence electrons. The summed E-state index contributed by atoms with van der Waals surface area (Å²) in [7, 11) is -3.59. The highest BCUT2D eigenvalue weighted by atomic mass is 32.2. The minimum atomic E-state index is -3.59. The largest absolute Gasteiger partial charge is 0.324 e. The lowest BCUT2D eigenvalue weighted by Crippen LogP contribution is -2.13. The van der Waals surface area contributed by atoms with Gasteiger partial charge in [0.05, 0.1) is 10.6 Å². The van der Waals surface area contributed by atoms with Crippen molar-refractivity contribution in [1.82, 2.24) is 4.98 Å². The molecule has 1 unspecified atom stereocenters. The second-order valence-corrected chi connectivity index (χ2v) is 6.80. The first-order valence-electron chi connectivity index (χ1n) is 5.69. The van der Waals surface area contributed by atoms with Gasteiger partial charge in [-0.25, -0.2) is 13.4 Å². The van der Waals surface area contributed by atoms with E-state index < -0.39 is 10.0 Å². The fourth-order valence-corrected chi connectivity index (χ4v) is 3.47. The van der Waals surface area contributed by atoms with Crippen molar-refractivity contribution >= 4 is 26.5 Å². The van der Waals surface area contributed by atoms with Gasteiger partial charge in [0.2, 0.25) is 0 Å². The molecule has 1 aromatic heterocycles. The summed E-state index contributed by atoms with van der Waals surface area (Å²) in [5.74, 6) is 0. The van der Waals surface area contributed by atoms with Crippen LogP contribution in [0, 0.1) is 6.92 Å². The lowest BCUT2D eigenvalue weighted by atomic mass is 10.1. The summed E-state index contributed by atoms with van der Waals surface area (Å²) in [6, 6.07) is 6.40. The number of hydrogen-bond acceptors (Lipinski definition) is 5. The van der Waals surface area contributed by atoms with Crippen LogP contribution in [0.3, 0.4) is 0 Å². The maximum absolute atomic E-state index is 12.1. The molecule has 0 saturated heterocycles. The van der Waals surface area contributed by atoms with Gasteiger partial charge in [-0.2, -0.15) is 0 Å². The highest BCUT2D eigenvalue weighted by Crippen LogP contribution is 2.20. The van der Waals surface area contributed by atoms with Gasteiger partial charge in [0.15, 0.2) is 5.13 Å². The molecule has 0 bridgehead atoms. The van der Waals surface area contributed by atoms with Crippen molar-refractivity contribution in [2.75, 3.05) is 4.72 Å². The van der Waals surface area contributed by atoms with Crippen LogP contribution >= 0.6 is 11.3 Å². The number of aromatic nitrogens is 1. The second kappa shape index (κ2) is 5.28. The lowest BCUT2D eigenvalue weighted by Gasteiger charge is -2.08. The number of sulfonamides is 1. The number of nitrogens with one attached hydrogen (secondary N) is 1. The Morgan fingerprint density at radius 1 is 1.32 bits per heavy atom. The number of benzene rings is 1. The zero-order chi connectivity index (χ0) is 14.0. The number of nitrogens with zero attached hydrogens (tertiary/aromatic N) is 1. The Balaban J connectivity index is 2.24. The fraction of sp³-hybridized carbons (Fsp3) is 0.250. The molecular weight excluding hydrogens is 282 g/mol. The summed E-state index contributed by atoms with van der Waals surface area (Å²) < 4.78 is 26.7. The average Bonchev–Trinajstić information content (AvgIpc) is 2.74. The van der Waals surface area contributed by atoms with Gasteiger partial charge in [-0.3, -0.25) is 4.72 Å². The van der Waals surface area contributed by atoms with E-state index in [2.05, 4.69) is 9.71 Å². The van der Waals surface area contributed by atoms with Gasteiger partial charge in [0, 0.05) is 11.4 Å². The fourth-order valence-electron chi connectivity index (χ4n) is 1.53. The quantitative estimate of drug-likeness (QED) is 0.906. The minimum Gasteiger partial charge on any atom is -0.324 e. The molecule has 2 aromatic rings. The van der Waals surface area contributed by atoms with Crippen LogP contribution < -0.4 is 10.5 Å². The Labute approximate surface area is 116 Å². The van der Waals surface area contributed by atoms with Crippen LogP contribution in [0.2, 0.25) is 0 Å². The van der Waals surface area contributed by atoms with E-state index >= 15 is 0 Å². The summed E-state index contributed by atoms with van der Waals surface area (Å²) >= 11 is 1.26. The van der Waals surface area contributed by atoms with E-state index in [4.69, 9.17) is 5.73 Å². The molecule has 0 fully saturated rings. The molecule has 19 heavy (non-hydrogen) atoms. The van der Waals surface area contributed by atoms with E-state index in [1.54, 1.807) is 29.6 Å². The molecule has 0 saturated carbocycles. The van der Waals surface area contributed by atoms with Crippen LogP contribution in [0.5, 0.6) is 0 Å². The van der Waals surface area contributed by atoms with Gasteiger partial charge in [-0.15, -0.1) is 11.3 Å². The summed E-state index contributed by atoms with van der Waals surface area (Å²) in [5.41, 5.74) is 7.41. The third-order valence-corrected chi connectivity index (χ3v) is 4.92. The number of rotatable bonds is 4. The molecule has 1 atom stereocenters. The first kappa shape index (κ1) is 14.0. The van der Waals surface area contributed by atoms with Crippen molar-refractivity contribution in [2.45, 2.75) is 24.8 Å². The van der Waals surface area contributed by atoms with Crippen LogP contribution in [0.25, 0.3) is 0 Å². The molecule has 7 heteroatoms. The molecule has 0 spiro atoms. The molecular formula is C12H15N3O2S2. The highest BCUT2D eigenvalue weighted by Gasteiger charge is 2.15. The van der Waals surface area contributed by atoms with E-state index in [9.17, 15) is 8.42 Å². The third kappa shape index (κ3) is 3.31. The monoisotopic (exact) mass is 297 g/mol. The van der Waals surface area contributed by atoms with E-state index in [0.29, 0.717) is 5.13 Å². The van der Waals surface area contributed by atoms with Crippen molar-refractivity contribution in [3.8, 4) is 0 Å². The topological polar surface area (TPSA) is 85.1 Å². The van der Waals surface area contributed by atoms with Crippen LogP contribution in [0.1, 0.15) is 24.2 Å². The van der Waals surface area contributed by atoms with Crippen molar-refractivity contribution < 1.29 is 8.42 Å². The van der Waals surface area contributed by atoms with Gasteiger partial charge in [-0.1, -0.05) is 12.1 Å². The van der Waals surface area contributed by atoms with Crippen molar-refractivity contribution in [3.05, 3.63) is 40.9 Å². The van der Waals surface area contributed by atoms with Gasteiger partial charge in [0.25, 0.3) is 10.0 Å². The van der Waals surface area contributed by atoms with Crippen LogP contribution in [0.15, 0.2) is 34.5 Å². The third-order valence-electron chi connectivity index (χ3n) is 2.56. The Morgan fingerprint density at radius 2 is 1.95 bits per heavy atom. The highest BCUT2D eigenvalue weighted by molar-refractivity contribution is 7.93. The number of anilines is 1. The van der Waals surface area contributed by atoms with Gasteiger partial charge in [0.1, 0.15) is 0 Å². The van der Waals surface area contributed by atoms with Crippen LogP contribution in [-0.2, 0) is 10.0 Å². The number of nitrogens with two attached hydrogens (primary N) is 1. The predicted molar refractivity (Wildman–Crippen MR) is 76.7 cm³/mol. The summed E-state index contributed by atoms with van der Waals surface area (Å²) in [6.45, 7) is 3.66. The van der Waals surface area contributed by atoms with Crippen LogP contribution in [0.4, 0.5) is 5.13 Å². The number of thiazole rings is 1. The molecule has 0 radical (unpaired) electrons. The molecule has 0 aliphatic heterocycles. The first-order chi connectivity index (χ1) is 8.88. The molecule has 1 heterocycles. The first-order valence-corrected chi connectivity index (χ1v) is 8.05. The maximum atomic E-state index is 12.1. The van der Waals surface area contributed by atoms with Crippen LogP contribution in [-0.4, -0.2) is 13.4 Å². The second-order valence-electron chi connectivity index (χ2n) is 4.26. The van der Waals surface area contributed by atoms with E-state index in [0.717, 1.165) is 11.3 Å². The zero-order valence-corrected chi connectivity index (χ0v) is 12.3. The molecule has 3 N–H and O–H groups in total. The Bertz CT molecular complexity index is 661. The van der Waals surface area contributed by atoms with Gasteiger partial charge >= 0.3 is 0 Å². The average molecular weight is 297 g/mol. The van der Waals surface area contributed by atoms with Crippen molar-refractivity contribution in [2.24, 2.45) is 5.73 Å². The molecule has 1 aromatic carbocycles. The SMILES string of the molecule is Cc1csc(NS(=O)(=O)c2ccc(C(C)N)cc2)n1. The molecule has 2 rings (SSSR count). The normalized spacial score (nSPS) is 13.2. The van der Waals surface area contributed by atoms with E-state index in [1.165, 1.54) is 11.3 Å². The molecule has 0 aliphatic rings. The molecule has 5 nitrogen and oxygen atoms in total. The standard InChI is InChI=1S/C12H15N3O2S2/c1-8-7-18-12(14-8)15-19(16,17)11-5-3-10(4-6-11)9(2)13/h3-7,9H,13H2,1-2H3,(H,14,15). The summed E-state index contributed by atoms with van der Waals surface area (Å²) in [6.07, 6.45) is 0. The Kier molecular flexibility index (Phi) is 3.88. The molecule has 0 amide bonds.